The highest BCUT2D eigenvalue weighted by Gasteiger charge is 2.13. The minimum atomic E-state index is 0.915. The molecule has 0 atom stereocenters. The molecule has 164 valence electrons. The number of nitrogens with zero attached hydrogens (tertiary/aromatic N) is 3. The van der Waals surface area contributed by atoms with Crippen LogP contribution in [0, 0.1) is 6.92 Å². The number of aryl methyl sites for hydroxylation is 4. The summed E-state index contributed by atoms with van der Waals surface area (Å²) >= 11 is 0. The van der Waals surface area contributed by atoms with Crippen LogP contribution < -0.4 is 0 Å². The van der Waals surface area contributed by atoms with Gasteiger partial charge in [0.1, 0.15) is 5.82 Å². The van der Waals surface area contributed by atoms with Crippen LogP contribution >= 0.6 is 0 Å². The molecule has 0 amide bonds. The zero-order valence-electron chi connectivity index (χ0n) is 19.5. The van der Waals surface area contributed by atoms with E-state index in [9.17, 15) is 0 Å². The molecule has 0 spiro atoms. The van der Waals surface area contributed by atoms with Crippen molar-refractivity contribution in [2.45, 2.75) is 33.1 Å². The number of imidazole rings is 1. The van der Waals surface area contributed by atoms with E-state index >= 15 is 0 Å². The summed E-state index contributed by atoms with van der Waals surface area (Å²) in [5.74, 6) is 1.03. The van der Waals surface area contributed by atoms with Crippen LogP contribution in [0.15, 0.2) is 85.2 Å². The smallest absolute Gasteiger partial charge is 0.139 e. The van der Waals surface area contributed by atoms with Crippen molar-refractivity contribution in [3.05, 3.63) is 108 Å². The zero-order valence-corrected chi connectivity index (χ0v) is 19.5. The van der Waals surface area contributed by atoms with Crippen LogP contribution in [0.25, 0.3) is 33.4 Å². The second-order valence-corrected chi connectivity index (χ2v) is 8.69. The maximum absolute atomic E-state index is 5.09. The van der Waals surface area contributed by atoms with Crippen LogP contribution in [0.5, 0.6) is 0 Å². The fourth-order valence-electron chi connectivity index (χ4n) is 4.72. The Morgan fingerprint density at radius 3 is 2.48 bits per heavy atom. The minimum absolute atomic E-state index is 0.915. The largest absolute Gasteiger partial charge is 0.334 e. The van der Waals surface area contributed by atoms with Crippen molar-refractivity contribution in [3.8, 4) is 22.6 Å². The molecule has 5 aromatic rings. The van der Waals surface area contributed by atoms with E-state index in [1.165, 1.54) is 38.6 Å². The summed E-state index contributed by atoms with van der Waals surface area (Å²) in [5, 5.41) is 2.51. The topological polar surface area (TPSA) is 30.7 Å². The fourth-order valence-corrected chi connectivity index (χ4v) is 4.72. The summed E-state index contributed by atoms with van der Waals surface area (Å²) in [5.41, 5.74) is 8.60. The molecule has 0 aliphatic rings. The lowest BCUT2D eigenvalue weighted by molar-refractivity contribution is 0.887. The fraction of sp³-hybridized carbons (Fsp3) is 0.200. The number of benzene rings is 3. The number of rotatable bonds is 6. The lowest BCUT2D eigenvalue weighted by Crippen LogP contribution is -2.03. The SMILES string of the molecule is CCc1c(CCc2ccc(C)c(-c3ccc4ccccc4c3)n2)cccc1-c1nccn1C. The predicted octanol–water partition coefficient (Wildman–Crippen LogP) is 6.96. The van der Waals surface area contributed by atoms with E-state index in [2.05, 4.69) is 103 Å². The standard InChI is InChI=1S/C30H29N3/c1-4-27-23(10-7-11-28(27)30-31-18-19-33(30)3)15-17-26-16-12-21(2)29(32-26)25-14-13-22-8-5-6-9-24(22)20-25/h5-14,16,18-20H,4,15,17H2,1-3H3. The van der Waals surface area contributed by atoms with Crippen molar-refractivity contribution in [1.29, 1.82) is 0 Å². The van der Waals surface area contributed by atoms with E-state index < -0.39 is 0 Å². The van der Waals surface area contributed by atoms with Gasteiger partial charge in [0, 0.05) is 36.3 Å². The molecule has 3 heteroatoms. The second-order valence-electron chi connectivity index (χ2n) is 8.69. The molecule has 0 saturated heterocycles. The van der Waals surface area contributed by atoms with Gasteiger partial charge < -0.3 is 4.57 Å². The van der Waals surface area contributed by atoms with Gasteiger partial charge in [-0.15, -0.1) is 0 Å². The third kappa shape index (κ3) is 4.19. The van der Waals surface area contributed by atoms with Gasteiger partial charge in [-0.1, -0.05) is 67.6 Å². The van der Waals surface area contributed by atoms with E-state index in [4.69, 9.17) is 4.98 Å². The molecule has 0 unspecified atom stereocenters. The monoisotopic (exact) mass is 431 g/mol. The third-order valence-electron chi connectivity index (χ3n) is 6.52. The Balaban J connectivity index is 1.43. The van der Waals surface area contributed by atoms with Crippen molar-refractivity contribution in [2.24, 2.45) is 7.05 Å². The first kappa shape index (κ1) is 21.1. The summed E-state index contributed by atoms with van der Waals surface area (Å²) in [6.45, 7) is 4.38. The van der Waals surface area contributed by atoms with Crippen LogP contribution in [0.2, 0.25) is 0 Å². The molecule has 0 aliphatic heterocycles. The van der Waals surface area contributed by atoms with Crippen LogP contribution in [0.4, 0.5) is 0 Å². The Morgan fingerprint density at radius 1 is 0.848 bits per heavy atom. The minimum Gasteiger partial charge on any atom is -0.334 e. The number of hydrogen-bond acceptors (Lipinski definition) is 2. The van der Waals surface area contributed by atoms with Crippen LogP contribution in [0.1, 0.15) is 29.3 Å². The Kier molecular flexibility index (Phi) is 5.78. The number of fused-ring (bicyclic) bond motifs is 1. The lowest BCUT2D eigenvalue weighted by atomic mass is 9.94. The quantitative estimate of drug-likeness (QED) is 0.291. The van der Waals surface area contributed by atoms with Gasteiger partial charge in [-0.25, -0.2) is 4.98 Å². The first-order valence-electron chi connectivity index (χ1n) is 11.7. The zero-order chi connectivity index (χ0) is 22.8. The van der Waals surface area contributed by atoms with Crippen molar-refractivity contribution >= 4 is 10.8 Å². The first-order chi connectivity index (χ1) is 16.1. The summed E-state index contributed by atoms with van der Waals surface area (Å²) in [6.07, 6.45) is 6.74. The van der Waals surface area contributed by atoms with Gasteiger partial charge in [0.2, 0.25) is 0 Å². The molecule has 3 aromatic carbocycles. The maximum atomic E-state index is 5.09. The maximum Gasteiger partial charge on any atom is 0.139 e. The molecule has 0 fully saturated rings. The van der Waals surface area contributed by atoms with E-state index in [-0.39, 0.29) is 0 Å². The van der Waals surface area contributed by atoms with Gasteiger partial charge in [0.25, 0.3) is 0 Å². The molecule has 2 heterocycles. The molecule has 3 nitrogen and oxygen atoms in total. The number of hydrogen-bond donors (Lipinski definition) is 0. The third-order valence-corrected chi connectivity index (χ3v) is 6.52. The van der Waals surface area contributed by atoms with Gasteiger partial charge in [-0.2, -0.15) is 0 Å². The first-order valence-corrected chi connectivity index (χ1v) is 11.7. The second kappa shape index (κ2) is 9.03. The highest BCUT2D eigenvalue weighted by atomic mass is 15.0. The highest BCUT2D eigenvalue weighted by molar-refractivity contribution is 5.87. The Morgan fingerprint density at radius 2 is 1.70 bits per heavy atom. The van der Waals surface area contributed by atoms with Gasteiger partial charge in [-0.3, -0.25) is 4.98 Å². The van der Waals surface area contributed by atoms with Crippen molar-refractivity contribution in [1.82, 2.24) is 14.5 Å². The molecule has 0 radical (unpaired) electrons. The molecule has 2 aromatic heterocycles. The Hall–Kier alpha value is -3.72. The molecule has 0 saturated carbocycles. The summed E-state index contributed by atoms with van der Waals surface area (Å²) in [7, 11) is 2.05. The van der Waals surface area contributed by atoms with Crippen molar-refractivity contribution in [3.63, 3.8) is 0 Å². The summed E-state index contributed by atoms with van der Waals surface area (Å²) < 4.78 is 2.09. The average Bonchev–Trinajstić information content (AvgIpc) is 3.28. The predicted molar refractivity (Wildman–Crippen MR) is 137 cm³/mol. The molecule has 0 bridgehead atoms. The average molecular weight is 432 g/mol. The van der Waals surface area contributed by atoms with Gasteiger partial charge in [-0.05, 0) is 65.8 Å². The summed E-state index contributed by atoms with van der Waals surface area (Å²) in [6, 6.07) is 26.1. The van der Waals surface area contributed by atoms with Gasteiger partial charge in [0.15, 0.2) is 0 Å². The molecule has 0 aliphatic carbocycles. The van der Waals surface area contributed by atoms with Gasteiger partial charge >= 0.3 is 0 Å². The van der Waals surface area contributed by atoms with Crippen LogP contribution in [0.3, 0.4) is 0 Å². The summed E-state index contributed by atoms with van der Waals surface area (Å²) in [4.78, 5) is 9.67. The van der Waals surface area contributed by atoms with Crippen LogP contribution in [-0.4, -0.2) is 14.5 Å². The molecule has 33 heavy (non-hydrogen) atoms. The Labute approximate surface area is 195 Å². The number of aromatic nitrogens is 3. The van der Waals surface area contributed by atoms with E-state index in [1.54, 1.807) is 0 Å². The molecular formula is C30H29N3. The number of pyridine rings is 1. The molecule has 5 rings (SSSR count). The normalized spacial score (nSPS) is 11.2. The highest BCUT2D eigenvalue weighted by Crippen LogP contribution is 2.28. The Bertz CT molecular complexity index is 1430. The van der Waals surface area contributed by atoms with Crippen molar-refractivity contribution in [2.75, 3.05) is 0 Å². The molecular weight excluding hydrogens is 402 g/mol. The van der Waals surface area contributed by atoms with E-state index in [0.29, 0.717) is 0 Å². The van der Waals surface area contributed by atoms with Crippen LogP contribution in [-0.2, 0) is 26.3 Å². The van der Waals surface area contributed by atoms with Gasteiger partial charge in [0.05, 0.1) is 5.69 Å². The van der Waals surface area contributed by atoms with Crippen molar-refractivity contribution < 1.29 is 0 Å². The lowest BCUT2D eigenvalue weighted by Gasteiger charge is -2.14. The van der Waals surface area contributed by atoms with E-state index in [1.807, 2.05) is 12.4 Å². The van der Waals surface area contributed by atoms with E-state index in [0.717, 1.165) is 36.5 Å². The molecule has 0 N–H and O–H groups in total.